The first-order chi connectivity index (χ1) is 13.5. The topological polar surface area (TPSA) is 192 Å². The van der Waals surface area contributed by atoms with E-state index in [9.17, 15) is 24.0 Å². The number of nitrogens with zero attached hydrogens (tertiary/aromatic N) is 3. The van der Waals surface area contributed by atoms with Crippen LogP contribution in [0.25, 0.3) is 10.4 Å². The normalized spacial score (nSPS) is 25.6. The molecule has 0 saturated carbocycles. The summed E-state index contributed by atoms with van der Waals surface area (Å²) in [5.74, 6) is -3.13. The predicted molar refractivity (Wildman–Crippen MR) is 89.6 cm³/mol. The first-order valence-corrected chi connectivity index (χ1v) is 8.21. The van der Waals surface area contributed by atoms with Gasteiger partial charge in [0.25, 0.3) is 0 Å². The molecule has 1 heterocycles. The standard InChI is InChI=1S/C15H20N4O10/c1-6(20)25-5-10-12(26-7(2)21)13(27-8(3)22)11(17-15(24)18-19-16)14(29-10)28-9(4)23/h10-14H,5H2,1-4H3,(H,17,24)/t10-,11-,12-,13-,14?/m1/s1. The molecule has 29 heavy (non-hydrogen) atoms. The van der Waals surface area contributed by atoms with Crippen LogP contribution in [0.3, 0.4) is 0 Å². The van der Waals surface area contributed by atoms with Gasteiger partial charge in [0.2, 0.25) is 6.29 Å². The number of hydrogen-bond acceptors (Lipinski definition) is 10. The predicted octanol–water partition coefficient (Wildman–Crippen LogP) is 0.0894. The van der Waals surface area contributed by atoms with Crippen LogP contribution >= 0.6 is 0 Å². The van der Waals surface area contributed by atoms with Gasteiger partial charge in [-0.05, 0) is 5.53 Å². The molecule has 1 saturated heterocycles. The zero-order valence-corrected chi connectivity index (χ0v) is 16.0. The Bertz CT molecular complexity index is 720. The van der Waals surface area contributed by atoms with E-state index in [1.165, 1.54) is 0 Å². The summed E-state index contributed by atoms with van der Waals surface area (Å²) >= 11 is 0. The van der Waals surface area contributed by atoms with Crippen LogP contribution in [0.4, 0.5) is 4.79 Å². The Hall–Kier alpha value is -3.38. The highest BCUT2D eigenvalue weighted by molar-refractivity contribution is 5.75. The van der Waals surface area contributed by atoms with Crippen LogP contribution in [-0.2, 0) is 42.9 Å². The van der Waals surface area contributed by atoms with Crippen molar-refractivity contribution in [1.29, 1.82) is 0 Å². The second kappa shape index (κ2) is 10.8. The van der Waals surface area contributed by atoms with Crippen molar-refractivity contribution in [2.45, 2.75) is 58.3 Å². The molecule has 14 heteroatoms. The van der Waals surface area contributed by atoms with Crippen molar-refractivity contribution in [2.75, 3.05) is 6.61 Å². The van der Waals surface area contributed by atoms with Crippen molar-refractivity contribution >= 4 is 29.9 Å². The molecule has 1 fully saturated rings. The Kier molecular flexibility index (Phi) is 8.83. The maximum Gasteiger partial charge on any atom is 0.308 e. The molecule has 0 aromatic heterocycles. The number of amides is 2. The Morgan fingerprint density at radius 3 is 1.97 bits per heavy atom. The number of urea groups is 1. The third-order valence-corrected chi connectivity index (χ3v) is 3.41. The molecule has 0 spiro atoms. The highest BCUT2D eigenvalue weighted by Gasteiger charge is 2.52. The average Bonchev–Trinajstić information content (AvgIpc) is 2.57. The highest BCUT2D eigenvalue weighted by Crippen LogP contribution is 2.28. The Morgan fingerprint density at radius 1 is 0.931 bits per heavy atom. The molecule has 1 unspecified atom stereocenters. The van der Waals surface area contributed by atoms with Crippen molar-refractivity contribution in [1.82, 2.24) is 5.32 Å². The molecule has 0 bridgehead atoms. The van der Waals surface area contributed by atoms with E-state index in [0.29, 0.717) is 0 Å². The van der Waals surface area contributed by atoms with Crippen molar-refractivity contribution in [3.05, 3.63) is 10.4 Å². The number of ether oxygens (including phenoxy) is 5. The summed E-state index contributed by atoms with van der Waals surface area (Å²) in [6, 6.07) is -2.62. The SMILES string of the molecule is CC(=O)OC[C@H]1OC(OC(C)=O)[C@H](NC(=O)N=[N+]=[N-])[C@@H](OC(C)=O)[C@@H]1OC(C)=O. The van der Waals surface area contributed by atoms with E-state index in [1.807, 2.05) is 0 Å². The number of nitrogens with one attached hydrogen (secondary N) is 1. The number of carbonyl (C=O) groups is 5. The minimum absolute atomic E-state index is 0.445. The van der Waals surface area contributed by atoms with E-state index in [-0.39, 0.29) is 0 Å². The van der Waals surface area contributed by atoms with Crippen LogP contribution in [0.5, 0.6) is 0 Å². The lowest BCUT2D eigenvalue weighted by Gasteiger charge is -2.44. The average molecular weight is 416 g/mol. The first-order valence-electron chi connectivity index (χ1n) is 8.21. The Morgan fingerprint density at radius 2 is 1.48 bits per heavy atom. The summed E-state index contributed by atoms with van der Waals surface area (Å²) in [5.41, 5.74) is 8.40. The summed E-state index contributed by atoms with van der Waals surface area (Å²) in [6.07, 6.45) is -5.57. The van der Waals surface area contributed by atoms with Crippen LogP contribution in [0.2, 0.25) is 0 Å². The molecular weight excluding hydrogens is 396 g/mol. The molecule has 5 atom stereocenters. The minimum atomic E-state index is -1.55. The smallest absolute Gasteiger partial charge is 0.308 e. The largest absolute Gasteiger partial charge is 0.463 e. The molecule has 1 N–H and O–H groups in total. The monoisotopic (exact) mass is 416 g/mol. The third kappa shape index (κ3) is 7.63. The summed E-state index contributed by atoms with van der Waals surface area (Å²) < 4.78 is 25.7. The second-order valence-corrected chi connectivity index (χ2v) is 5.77. The van der Waals surface area contributed by atoms with Gasteiger partial charge < -0.3 is 29.0 Å². The Balaban J connectivity index is 3.36. The lowest BCUT2D eigenvalue weighted by atomic mass is 9.96. The van der Waals surface area contributed by atoms with E-state index < -0.39 is 67.2 Å². The fourth-order valence-corrected chi connectivity index (χ4v) is 2.53. The second-order valence-electron chi connectivity index (χ2n) is 5.77. The summed E-state index contributed by atoms with van der Waals surface area (Å²) in [7, 11) is 0. The van der Waals surface area contributed by atoms with Gasteiger partial charge in [-0.2, -0.15) is 0 Å². The van der Waals surface area contributed by atoms with Crippen molar-refractivity contribution in [2.24, 2.45) is 5.11 Å². The molecule has 1 aliphatic heterocycles. The van der Waals surface area contributed by atoms with Gasteiger partial charge in [-0.1, -0.05) is 0 Å². The molecule has 1 aliphatic rings. The quantitative estimate of drug-likeness (QED) is 0.204. The van der Waals surface area contributed by atoms with E-state index in [0.717, 1.165) is 27.7 Å². The molecule has 0 aromatic carbocycles. The van der Waals surface area contributed by atoms with Gasteiger partial charge in [-0.3, -0.25) is 24.0 Å². The van der Waals surface area contributed by atoms with E-state index in [1.54, 1.807) is 0 Å². The Labute approximate surface area is 164 Å². The van der Waals surface area contributed by atoms with E-state index in [2.05, 4.69) is 15.3 Å². The van der Waals surface area contributed by atoms with Crippen molar-refractivity contribution < 1.29 is 47.7 Å². The number of azide groups is 1. The van der Waals surface area contributed by atoms with E-state index >= 15 is 0 Å². The minimum Gasteiger partial charge on any atom is -0.463 e. The van der Waals surface area contributed by atoms with Crippen LogP contribution < -0.4 is 5.32 Å². The maximum atomic E-state index is 11.8. The van der Waals surface area contributed by atoms with Crippen molar-refractivity contribution in [3.63, 3.8) is 0 Å². The zero-order valence-electron chi connectivity index (χ0n) is 16.0. The molecule has 0 aliphatic carbocycles. The van der Waals surface area contributed by atoms with Crippen molar-refractivity contribution in [3.8, 4) is 0 Å². The summed E-state index contributed by atoms with van der Waals surface area (Å²) in [4.78, 5) is 59.8. The van der Waals surface area contributed by atoms with Gasteiger partial charge in [0.05, 0.1) is 0 Å². The molecule has 0 aromatic rings. The van der Waals surface area contributed by atoms with Gasteiger partial charge in [0.1, 0.15) is 18.8 Å². The summed E-state index contributed by atoms with van der Waals surface area (Å²) in [6.45, 7) is 3.85. The van der Waals surface area contributed by atoms with Gasteiger partial charge in [-0.25, -0.2) is 0 Å². The highest BCUT2D eigenvalue weighted by atomic mass is 16.7. The van der Waals surface area contributed by atoms with Gasteiger partial charge in [0, 0.05) is 37.7 Å². The molecule has 0 radical (unpaired) electrons. The lowest BCUT2D eigenvalue weighted by molar-refractivity contribution is -0.270. The molecule has 14 nitrogen and oxygen atoms in total. The molecular formula is C15H20N4O10. The number of hydrogen-bond donors (Lipinski definition) is 1. The number of carbonyl (C=O) groups excluding carboxylic acids is 5. The maximum absolute atomic E-state index is 11.8. The van der Waals surface area contributed by atoms with Gasteiger partial charge in [0.15, 0.2) is 12.2 Å². The lowest BCUT2D eigenvalue weighted by Crippen LogP contribution is -2.66. The third-order valence-electron chi connectivity index (χ3n) is 3.41. The van der Waals surface area contributed by atoms with Crippen LogP contribution in [0.1, 0.15) is 27.7 Å². The van der Waals surface area contributed by atoms with Crippen LogP contribution in [0, 0.1) is 0 Å². The van der Waals surface area contributed by atoms with Crippen LogP contribution in [0.15, 0.2) is 5.11 Å². The fraction of sp³-hybridized carbons (Fsp3) is 0.667. The zero-order chi connectivity index (χ0) is 22.1. The number of rotatable bonds is 6. The molecule has 2 amide bonds. The van der Waals surface area contributed by atoms with Gasteiger partial charge in [-0.15, -0.1) is 0 Å². The number of esters is 4. The fourth-order valence-electron chi connectivity index (χ4n) is 2.53. The van der Waals surface area contributed by atoms with Crippen LogP contribution in [-0.4, -0.2) is 67.2 Å². The first kappa shape index (κ1) is 23.7. The summed E-state index contributed by atoms with van der Waals surface area (Å²) in [5, 5.41) is 5.01. The van der Waals surface area contributed by atoms with E-state index in [4.69, 9.17) is 29.2 Å². The molecule has 1 rings (SSSR count). The molecule has 160 valence electrons. The van der Waals surface area contributed by atoms with Gasteiger partial charge >= 0.3 is 29.9 Å².